The van der Waals surface area contributed by atoms with Crippen LogP contribution in [0.3, 0.4) is 0 Å². The molecule has 0 aromatic heterocycles. The van der Waals surface area contributed by atoms with Crippen molar-refractivity contribution >= 4 is 29.2 Å². The van der Waals surface area contributed by atoms with Gasteiger partial charge in [0.05, 0.1) is 18.4 Å². The van der Waals surface area contributed by atoms with Crippen molar-refractivity contribution in [2.45, 2.75) is 20.8 Å². The number of benzene rings is 2. The number of ether oxygens (including phenoxy) is 1. The molecule has 0 saturated carbocycles. The maximum atomic E-state index is 12.5. The molecule has 2 aromatic carbocycles. The number of hydrogen-bond donors (Lipinski definition) is 1. The number of nitrogens with zero attached hydrogens (tertiary/aromatic N) is 1. The number of para-hydroxylation sites is 1. The lowest BCUT2D eigenvalue weighted by molar-refractivity contribution is -0.120. The molecule has 0 aliphatic carbocycles. The third kappa shape index (κ3) is 4.47. The zero-order chi connectivity index (χ0) is 19.3. The highest BCUT2D eigenvalue weighted by Crippen LogP contribution is 2.20. The standard InChI is InChI=1S/C20H22N2O4/c1-13-9-10-16(11-14(13)2)22(15(3)23)12-19(24)21-18-8-6-5-7-17(18)20(25)26-4/h5-11H,12H2,1-4H3,(H,21,24). The van der Waals surface area contributed by atoms with Crippen molar-refractivity contribution in [1.29, 1.82) is 0 Å². The summed E-state index contributed by atoms with van der Waals surface area (Å²) in [4.78, 5) is 37.7. The summed E-state index contributed by atoms with van der Waals surface area (Å²) >= 11 is 0. The Hall–Kier alpha value is -3.15. The van der Waals surface area contributed by atoms with Gasteiger partial charge in [0.15, 0.2) is 0 Å². The minimum absolute atomic E-state index is 0.159. The lowest BCUT2D eigenvalue weighted by Crippen LogP contribution is -2.37. The number of anilines is 2. The van der Waals surface area contributed by atoms with Gasteiger partial charge in [0, 0.05) is 12.6 Å². The molecule has 6 heteroatoms. The van der Waals surface area contributed by atoms with Crippen LogP contribution < -0.4 is 10.2 Å². The average Bonchev–Trinajstić information content (AvgIpc) is 2.61. The van der Waals surface area contributed by atoms with Crippen LogP contribution in [0.25, 0.3) is 0 Å². The molecular weight excluding hydrogens is 332 g/mol. The largest absolute Gasteiger partial charge is 0.465 e. The third-order valence-electron chi connectivity index (χ3n) is 4.09. The summed E-state index contributed by atoms with van der Waals surface area (Å²) in [6, 6.07) is 12.1. The van der Waals surface area contributed by atoms with Crippen LogP contribution >= 0.6 is 0 Å². The zero-order valence-corrected chi connectivity index (χ0v) is 15.3. The van der Waals surface area contributed by atoms with E-state index in [9.17, 15) is 14.4 Å². The second-order valence-electron chi connectivity index (χ2n) is 5.96. The number of nitrogens with one attached hydrogen (secondary N) is 1. The van der Waals surface area contributed by atoms with E-state index < -0.39 is 11.9 Å². The van der Waals surface area contributed by atoms with Crippen molar-refractivity contribution in [2.75, 3.05) is 23.9 Å². The molecule has 0 spiro atoms. The van der Waals surface area contributed by atoms with Crippen LogP contribution in [0.2, 0.25) is 0 Å². The van der Waals surface area contributed by atoms with E-state index >= 15 is 0 Å². The first-order valence-corrected chi connectivity index (χ1v) is 8.16. The van der Waals surface area contributed by atoms with Crippen molar-refractivity contribution in [3.05, 3.63) is 59.2 Å². The first-order valence-electron chi connectivity index (χ1n) is 8.16. The highest BCUT2D eigenvalue weighted by atomic mass is 16.5. The SMILES string of the molecule is COC(=O)c1ccccc1NC(=O)CN(C(C)=O)c1ccc(C)c(C)c1. The minimum atomic E-state index is -0.543. The Morgan fingerprint density at radius 3 is 2.35 bits per heavy atom. The fourth-order valence-electron chi connectivity index (χ4n) is 2.49. The van der Waals surface area contributed by atoms with Gasteiger partial charge in [-0.05, 0) is 49.2 Å². The fraction of sp³-hybridized carbons (Fsp3) is 0.250. The predicted octanol–water partition coefficient (Wildman–Crippen LogP) is 3.08. The van der Waals surface area contributed by atoms with Crippen molar-refractivity contribution in [3.63, 3.8) is 0 Å². The van der Waals surface area contributed by atoms with Gasteiger partial charge in [-0.15, -0.1) is 0 Å². The van der Waals surface area contributed by atoms with E-state index in [0.717, 1.165) is 11.1 Å². The second-order valence-corrected chi connectivity index (χ2v) is 5.96. The van der Waals surface area contributed by atoms with Gasteiger partial charge in [-0.2, -0.15) is 0 Å². The van der Waals surface area contributed by atoms with Gasteiger partial charge in [-0.3, -0.25) is 9.59 Å². The smallest absolute Gasteiger partial charge is 0.339 e. The maximum Gasteiger partial charge on any atom is 0.339 e. The molecule has 2 amide bonds. The Kier molecular flexibility index (Phi) is 6.11. The van der Waals surface area contributed by atoms with E-state index in [1.165, 1.54) is 18.9 Å². The molecule has 1 N–H and O–H groups in total. The first-order chi connectivity index (χ1) is 12.3. The number of aryl methyl sites for hydroxylation is 2. The molecule has 2 rings (SSSR count). The Balaban J connectivity index is 2.20. The molecule has 6 nitrogen and oxygen atoms in total. The maximum absolute atomic E-state index is 12.5. The van der Waals surface area contributed by atoms with Gasteiger partial charge in [0.25, 0.3) is 0 Å². The number of hydrogen-bond acceptors (Lipinski definition) is 4. The van der Waals surface area contributed by atoms with E-state index in [4.69, 9.17) is 4.74 Å². The Bertz CT molecular complexity index is 845. The summed E-state index contributed by atoms with van der Waals surface area (Å²) in [6.07, 6.45) is 0. The van der Waals surface area contributed by atoms with Gasteiger partial charge in [0.2, 0.25) is 11.8 Å². The molecule has 0 saturated heterocycles. The molecular formula is C20H22N2O4. The van der Waals surface area contributed by atoms with Crippen LogP contribution in [-0.4, -0.2) is 31.4 Å². The van der Waals surface area contributed by atoms with Crippen LogP contribution in [-0.2, 0) is 14.3 Å². The molecule has 0 aliphatic heterocycles. The summed E-state index contributed by atoms with van der Waals surface area (Å²) < 4.78 is 4.72. The normalized spacial score (nSPS) is 10.2. The molecule has 0 aliphatic rings. The highest BCUT2D eigenvalue weighted by molar-refractivity contribution is 6.05. The van der Waals surface area contributed by atoms with Gasteiger partial charge < -0.3 is 15.0 Å². The molecule has 136 valence electrons. The molecule has 0 heterocycles. The lowest BCUT2D eigenvalue weighted by Gasteiger charge is -2.22. The number of esters is 1. The van der Waals surface area contributed by atoms with Gasteiger partial charge in [-0.1, -0.05) is 18.2 Å². The molecule has 0 atom stereocenters. The second kappa shape index (κ2) is 8.29. The van der Waals surface area contributed by atoms with E-state index in [1.54, 1.807) is 30.3 Å². The van der Waals surface area contributed by atoms with E-state index in [0.29, 0.717) is 11.4 Å². The van der Waals surface area contributed by atoms with E-state index in [-0.39, 0.29) is 18.0 Å². The summed E-state index contributed by atoms with van der Waals surface area (Å²) in [7, 11) is 1.28. The van der Waals surface area contributed by atoms with Crippen LogP contribution in [0, 0.1) is 13.8 Å². The number of carbonyl (C=O) groups excluding carboxylic acids is 3. The number of carbonyl (C=O) groups is 3. The summed E-state index contributed by atoms with van der Waals surface area (Å²) in [5.41, 5.74) is 3.38. The molecule has 0 unspecified atom stereocenters. The molecule has 26 heavy (non-hydrogen) atoms. The number of methoxy groups -OCH3 is 1. The van der Waals surface area contributed by atoms with E-state index in [2.05, 4.69) is 5.32 Å². The summed E-state index contributed by atoms with van der Waals surface area (Å²) in [6.45, 7) is 5.18. The highest BCUT2D eigenvalue weighted by Gasteiger charge is 2.18. The van der Waals surface area contributed by atoms with Crippen molar-refractivity contribution in [2.24, 2.45) is 0 Å². The van der Waals surface area contributed by atoms with Gasteiger partial charge >= 0.3 is 5.97 Å². The summed E-state index contributed by atoms with van der Waals surface area (Å²) in [5, 5.41) is 2.67. The van der Waals surface area contributed by atoms with E-state index in [1.807, 2.05) is 26.0 Å². The van der Waals surface area contributed by atoms with Crippen molar-refractivity contribution in [1.82, 2.24) is 0 Å². The Morgan fingerprint density at radius 1 is 1.04 bits per heavy atom. The summed E-state index contributed by atoms with van der Waals surface area (Å²) in [5.74, 6) is -1.20. The Morgan fingerprint density at radius 2 is 1.73 bits per heavy atom. The number of rotatable bonds is 5. The molecule has 0 radical (unpaired) electrons. The monoisotopic (exact) mass is 354 g/mol. The molecule has 2 aromatic rings. The first kappa shape index (κ1) is 19.2. The van der Waals surface area contributed by atoms with Crippen LogP contribution in [0.5, 0.6) is 0 Å². The quantitative estimate of drug-likeness (QED) is 0.837. The van der Waals surface area contributed by atoms with Crippen LogP contribution in [0.4, 0.5) is 11.4 Å². The lowest BCUT2D eigenvalue weighted by atomic mass is 10.1. The number of amides is 2. The Labute approximate surface area is 152 Å². The predicted molar refractivity (Wildman–Crippen MR) is 100 cm³/mol. The minimum Gasteiger partial charge on any atom is -0.465 e. The molecule has 0 fully saturated rings. The molecule has 0 bridgehead atoms. The third-order valence-corrected chi connectivity index (χ3v) is 4.09. The fourth-order valence-corrected chi connectivity index (χ4v) is 2.49. The van der Waals surface area contributed by atoms with Crippen LogP contribution in [0.15, 0.2) is 42.5 Å². The van der Waals surface area contributed by atoms with Gasteiger partial charge in [-0.25, -0.2) is 4.79 Å². The average molecular weight is 354 g/mol. The zero-order valence-electron chi connectivity index (χ0n) is 15.3. The van der Waals surface area contributed by atoms with Crippen LogP contribution in [0.1, 0.15) is 28.4 Å². The van der Waals surface area contributed by atoms with Gasteiger partial charge in [0.1, 0.15) is 6.54 Å². The van der Waals surface area contributed by atoms with Crippen molar-refractivity contribution < 1.29 is 19.1 Å². The van der Waals surface area contributed by atoms with Crippen molar-refractivity contribution in [3.8, 4) is 0 Å². The topological polar surface area (TPSA) is 75.7 Å².